The van der Waals surface area contributed by atoms with Crippen LogP contribution in [0.5, 0.6) is 0 Å². The summed E-state index contributed by atoms with van der Waals surface area (Å²) in [5.74, 6) is 0. The fourth-order valence-corrected chi connectivity index (χ4v) is 4.46. The number of furan rings is 1. The van der Waals surface area contributed by atoms with Gasteiger partial charge in [-0.2, -0.15) is 0 Å². The van der Waals surface area contributed by atoms with E-state index in [1.807, 2.05) is 6.07 Å². The van der Waals surface area contributed by atoms with Gasteiger partial charge in [0.15, 0.2) is 0 Å². The summed E-state index contributed by atoms with van der Waals surface area (Å²) >= 11 is 0. The molecule has 0 bridgehead atoms. The van der Waals surface area contributed by atoms with Crippen molar-refractivity contribution in [2.45, 2.75) is 13.5 Å². The number of fused-ring (bicyclic) bond motifs is 9. The first-order valence-corrected chi connectivity index (χ1v) is 9.10. The Morgan fingerprint density at radius 3 is 2.31 bits per heavy atom. The number of aryl methyl sites for hydroxylation is 1. The van der Waals surface area contributed by atoms with Gasteiger partial charge in [-0.15, -0.1) is 0 Å². The van der Waals surface area contributed by atoms with Crippen LogP contribution in [-0.2, 0) is 6.54 Å². The summed E-state index contributed by atoms with van der Waals surface area (Å²) in [6.07, 6.45) is 0. The summed E-state index contributed by atoms with van der Waals surface area (Å²) < 4.78 is 8.76. The van der Waals surface area contributed by atoms with Crippen molar-refractivity contribution in [1.82, 2.24) is 4.57 Å². The maximum Gasteiger partial charge on any atom is 0.145 e. The Bertz CT molecular complexity index is 1470. The lowest BCUT2D eigenvalue weighted by Gasteiger charge is -2.03. The second-order valence-corrected chi connectivity index (χ2v) is 6.86. The highest BCUT2D eigenvalue weighted by atomic mass is 16.3. The van der Waals surface area contributed by atoms with Crippen molar-refractivity contribution in [1.29, 1.82) is 0 Å². The van der Waals surface area contributed by atoms with Crippen LogP contribution in [0.2, 0.25) is 0 Å². The van der Waals surface area contributed by atoms with Crippen molar-refractivity contribution in [2.75, 3.05) is 0 Å². The molecule has 0 N–H and O–H groups in total. The number of para-hydroxylation sites is 1. The van der Waals surface area contributed by atoms with Crippen LogP contribution >= 0.6 is 0 Å². The molecule has 26 heavy (non-hydrogen) atoms. The summed E-state index contributed by atoms with van der Waals surface area (Å²) in [6.45, 7) is 3.14. The second-order valence-electron chi connectivity index (χ2n) is 6.86. The Morgan fingerprint density at radius 1 is 0.692 bits per heavy atom. The van der Waals surface area contributed by atoms with Crippen LogP contribution in [0.3, 0.4) is 0 Å². The largest absolute Gasteiger partial charge is 0.455 e. The highest BCUT2D eigenvalue weighted by Gasteiger charge is 2.18. The van der Waals surface area contributed by atoms with E-state index in [9.17, 15) is 0 Å². The molecule has 0 aliphatic carbocycles. The van der Waals surface area contributed by atoms with Crippen LogP contribution in [0, 0.1) is 0 Å². The molecule has 0 saturated carbocycles. The minimum absolute atomic E-state index is 0.935. The van der Waals surface area contributed by atoms with E-state index in [1.54, 1.807) is 0 Å². The lowest BCUT2D eigenvalue weighted by Crippen LogP contribution is -1.92. The Morgan fingerprint density at radius 2 is 1.42 bits per heavy atom. The molecular weight excluding hydrogens is 318 g/mol. The monoisotopic (exact) mass is 335 g/mol. The van der Waals surface area contributed by atoms with Crippen LogP contribution < -0.4 is 0 Å². The molecule has 0 amide bonds. The molecule has 0 aliphatic rings. The average Bonchev–Trinajstić information content (AvgIpc) is 3.23. The van der Waals surface area contributed by atoms with E-state index in [4.69, 9.17) is 4.42 Å². The Labute approximate surface area is 150 Å². The molecule has 6 aromatic rings. The van der Waals surface area contributed by atoms with Crippen molar-refractivity contribution in [3.8, 4) is 0 Å². The standard InChI is InChI=1S/C24H17NO/c1-2-25-19-13-11-15-7-3-4-8-16(15)22(19)23-20(25)14-12-18-17-9-5-6-10-21(17)26-24(18)23/h3-14H,2H2,1H3. The third-order valence-electron chi connectivity index (χ3n) is 5.58. The van der Waals surface area contributed by atoms with Gasteiger partial charge in [0.25, 0.3) is 0 Å². The van der Waals surface area contributed by atoms with Gasteiger partial charge in [-0.1, -0.05) is 48.5 Å². The molecular formula is C24H17NO. The SMILES string of the molecule is CCn1c2ccc3ccccc3c2c2c3oc4ccccc4c3ccc21. The molecule has 0 radical (unpaired) electrons. The number of benzene rings is 4. The number of hydrogen-bond acceptors (Lipinski definition) is 1. The van der Waals surface area contributed by atoms with E-state index >= 15 is 0 Å². The lowest BCUT2D eigenvalue weighted by molar-refractivity contribution is 0.673. The predicted molar refractivity (Wildman–Crippen MR) is 110 cm³/mol. The smallest absolute Gasteiger partial charge is 0.145 e. The molecule has 6 rings (SSSR count). The fourth-order valence-electron chi connectivity index (χ4n) is 4.46. The maximum atomic E-state index is 6.37. The second kappa shape index (κ2) is 4.89. The first-order chi connectivity index (χ1) is 12.9. The van der Waals surface area contributed by atoms with Gasteiger partial charge < -0.3 is 8.98 Å². The minimum Gasteiger partial charge on any atom is -0.455 e. The predicted octanol–water partition coefficient (Wildman–Crippen LogP) is 6.87. The van der Waals surface area contributed by atoms with Gasteiger partial charge in [-0.05, 0) is 42.0 Å². The Balaban J connectivity index is 1.99. The molecule has 0 saturated heterocycles. The van der Waals surface area contributed by atoms with E-state index in [2.05, 4.69) is 78.2 Å². The highest BCUT2D eigenvalue weighted by molar-refractivity contribution is 6.29. The van der Waals surface area contributed by atoms with Gasteiger partial charge in [0.05, 0.1) is 10.9 Å². The van der Waals surface area contributed by atoms with Gasteiger partial charge in [0.1, 0.15) is 11.2 Å². The molecule has 0 unspecified atom stereocenters. The summed E-state index contributed by atoms with van der Waals surface area (Å²) in [7, 11) is 0. The quantitative estimate of drug-likeness (QED) is 0.321. The molecule has 0 spiro atoms. The number of nitrogens with zero attached hydrogens (tertiary/aromatic N) is 1. The zero-order chi connectivity index (χ0) is 17.3. The molecule has 2 nitrogen and oxygen atoms in total. The molecule has 2 heteroatoms. The first kappa shape index (κ1) is 14.0. The van der Waals surface area contributed by atoms with E-state index in [1.165, 1.54) is 43.4 Å². The van der Waals surface area contributed by atoms with E-state index < -0.39 is 0 Å². The third kappa shape index (κ3) is 1.62. The van der Waals surface area contributed by atoms with E-state index in [-0.39, 0.29) is 0 Å². The van der Waals surface area contributed by atoms with Crippen LogP contribution in [-0.4, -0.2) is 4.57 Å². The third-order valence-corrected chi connectivity index (χ3v) is 5.58. The fraction of sp³-hybridized carbons (Fsp3) is 0.0833. The Kier molecular flexibility index (Phi) is 2.63. The van der Waals surface area contributed by atoms with Gasteiger partial charge in [0.2, 0.25) is 0 Å². The van der Waals surface area contributed by atoms with Gasteiger partial charge in [0, 0.05) is 28.2 Å². The van der Waals surface area contributed by atoms with Crippen LogP contribution in [0.4, 0.5) is 0 Å². The molecule has 2 aromatic heterocycles. The van der Waals surface area contributed by atoms with Crippen molar-refractivity contribution in [3.05, 3.63) is 72.8 Å². The minimum atomic E-state index is 0.935. The van der Waals surface area contributed by atoms with Gasteiger partial charge >= 0.3 is 0 Å². The molecule has 124 valence electrons. The molecule has 2 heterocycles. The number of rotatable bonds is 1. The number of hydrogen-bond donors (Lipinski definition) is 0. The van der Waals surface area contributed by atoms with Crippen molar-refractivity contribution in [3.63, 3.8) is 0 Å². The zero-order valence-electron chi connectivity index (χ0n) is 14.5. The van der Waals surface area contributed by atoms with Crippen molar-refractivity contribution < 1.29 is 4.42 Å². The zero-order valence-corrected chi connectivity index (χ0v) is 14.5. The van der Waals surface area contributed by atoms with E-state index in [0.29, 0.717) is 0 Å². The number of aromatic nitrogens is 1. The maximum absolute atomic E-state index is 6.37. The van der Waals surface area contributed by atoms with Crippen molar-refractivity contribution >= 4 is 54.5 Å². The Hall–Kier alpha value is -3.26. The normalized spacial score (nSPS) is 12.2. The highest BCUT2D eigenvalue weighted by Crippen LogP contribution is 2.41. The average molecular weight is 335 g/mol. The summed E-state index contributed by atoms with van der Waals surface area (Å²) in [4.78, 5) is 0. The van der Waals surface area contributed by atoms with Crippen LogP contribution in [0.15, 0.2) is 77.2 Å². The van der Waals surface area contributed by atoms with Gasteiger partial charge in [-0.3, -0.25) is 0 Å². The molecule has 4 aromatic carbocycles. The summed E-state index contributed by atoms with van der Waals surface area (Å²) in [5, 5.41) is 7.45. The molecule has 0 aliphatic heterocycles. The lowest BCUT2D eigenvalue weighted by atomic mass is 10.0. The first-order valence-electron chi connectivity index (χ1n) is 9.10. The van der Waals surface area contributed by atoms with Crippen molar-refractivity contribution in [2.24, 2.45) is 0 Å². The van der Waals surface area contributed by atoms with E-state index in [0.717, 1.165) is 17.7 Å². The molecule has 0 atom stereocenters. The topological polar surface area (TPSA) is 18.1 Å². The summed E-state index contributed by atoms with van der Waals surface area (Å²) in [5.41, 5.74) is 4.46. The molecule has 0 fully saturated rings. The van der Waals surface area contributed by atoms with Gasteiger partial charge in [-0.25, -0.2) is 0 Å². The van der Waals surface area contributed by atoms with Crippen LogP contribution in [0.25, 0.3) is 54.5 Å². The van der Waals surface area contributed by atoms with Crippen LogP contribution in [0.1, 0.15) is 6.92 Å². The summed E-state index contributed by atoms with van der Waals surface area (Å²) in [6, 6.07) is 25.9.